The van der Waals surface area contributed by atoms with E-state index in [4.69, 9.17) is 6.42 Å². The Balaban J connectivity index is 2.14. The average Bonchev–Trinajstić information content (AvgIpc) is 2.48. The first-order chi connectivity index (χ1) is 10.1. The molecule has 1 atom stereocenters. The fraction of sp³-hybridized carbons (Fsp3) is 0.200. The van der Waals surface area contributed by atoms with Gasteiger partial charge in [0.2, 0.25) is 5.95 Å². The van der Waals surface area contributed by atoms with Crippen LogP contribution in [0.1, 0.15) is 18.6 Å². The van der Waals surface area contributed by atoms with Crippen LogP contribution in [-0.4, -0.2) is 21.6 Å². The number of aromatic nitrogens is 2. The van der Waals surface area contributed by atoms with E-state index in [-0.39, 0.29) is 0 Å². The van der Waals surface area contributed by atoms with Crippen molar-refractivity contribution in [3.05, 3.63) is 40.5 Å². The van der Waals surface area contributed by atoms with Gasteiger partial charge in [-0.15, -0.1) is 6.42 Å². The van der Waals surface area contributed by atoms with Gasteiger partial charge in [0.25, 0.3) is 0 Å². The van der Waals surface area contributed by atoms with Crippen molar-refractivity contribution >= 4 is 33.4 Å². The molecule has 1 heterocycles. The van der Waals surface area contributed by atoms with Gasteiger partial charge >= 0.3 is 0 Å². The number of rotatable bonds is 5. The molecule has 0 radical (unpaired) electrons. The summed E-state index contributed by atoms with van der Waals surface area (Å²) in [6, 6.07) is 7.43. The van der Waals surface area contributed by atoms with Crippen molar-refractivity contribution in [2.45, 2.75) is 13.0 Å². The van der Waals surface area contributed by atoms with E-state index in [1.807, 2.05) is 24.3 Å². The molecule has 0 saturated heterocycles. The van der Waals surface area contributed by atoms with Crippen LogP contribution in [0.2, 0.25) is 0 Å². The Labute approximate surface area is 132 Å². The van der Waals surface area contributed by atoms with Crippen molar-refractivity contribution in [1.82, 2.24) is 9.97 Å². The molecule has 6 heteroatoms. The monoisotopic (exact) mass is 346 g/mol. The summed E-state index contributed by atoms with van der Waals surface area (Å²) >= 11 is 3.36. The average molecular weight is 347 g/mol. The number of terminal acetylenes is 1. The number of hydrogen-bond acceptors (Lipinski definition) is 5. The summed E-state index contributed by atoms with van der Waals surface area (Å²) in [6.45, 7) is 2.11. The van der Waals surface area contributed by atoms with Crippen molar-refractivity contribution in [1.29, 1.82) is 0 Å². The smallest absolute Gasteiger partial charge is 0.229 e. The maximum Gasteiger partial charge on any atom is 0.229 e. The minimum atomic E-state index is -0.484. The van der Waals surface area contributed by atoms with Crippen LogP contribution >= 0.6 is 15.9 Å². The number of aliphatic hydroxyl groups excluding tert-OH is 1. The lowest BCUT2D eigenvalue weighted by atomic mass is 10.1. The first-order valence-corrected chi connectivity index (χ1v) is 7.14. The molecule has 2 rings (SSSR count). The van der Waals surface area contributed by atoms with Crippen LogP contribution in [-0.2, 0) is 0 Å². The van der Waals surface area contributed by atoms with Gasteiger partial charge in [-0.3, -0.25) is 0 Å². The Kier molecular flexibility index (Phi) is 5.14. The SMILES string of the molecule is C#CCNc1nc(Nc2ccc(C(C)O)cc2)ncc1Br. The lowest BCUT2D eigenvalue weighted by molar-refractivity contribution is 0.199. The molecule has 0 bridgehead atoms. The summed E-state index contributed by atoms with van der Waals surface area (Å²) in [5.41, 5.74) is 1.69. The Bertz CT molecular complexity index is 650. The zero-order valence-electron chi connectivity index (χ0n) is 11.5. The second-order valence-electron chi connectivity index (χ2n) is 4.37. The number of benzene rings is 1. The third-order valence-electron chi connectivity index (χ3n) is 2.75. The van der Waals surface area contributed by atoms with Crippen LogP contribution in [0.15, 0.2) is 34.9 Å². The zero-order valence-corrected chi connectivity index (χ0v) is 13.1. The summed E-state index contributed by atoms with van der Waals surface area (Å²) in [6.07, 6.45) is 6.39. The second kappa shape index (κ2) is 7.07. The number of nitrogens with zero attached hydrogens (tertiary/aromatic N) is 2. The Hall–Kier alpha value is -2.10. The third kappa shape index (κ3) is 4.18. The number of anilines is 3. The maximum absolute atomic E-state index is 9.48. The highest BCUT2D eigenvalue weighted by molar-refractivity contribution is 9.10. The van der Waals surface area contributed by atoms with Crippen LogP contribution in [0.5, 0.6) is 0 Å². The molecule has 1 unspecified atom stereocenters. The fourth-order valence-corrected chi connectivity index (χ4v) is 1.99. The summed E-state index contributed by atoms with van der Waals surface area (Å²) in [5.74, 6) is 3.58. The molecular formula is C15H15BrN4O. The molecule has 3 N–H and O–H groups in total. The van der Waals surface area contributed by atoms with Gasteiger partial charge in [0.05, 0.1) is 17.1 Å². The van der Waals surface area contributed by atoms with Gasteiger partial charge in [-0.2, -0.15) is 4.98 Å². The Morgan fingerprint density at radius 1 is 1.38 bits per heavy atom. The van der Waals surface area contributed by atoms with Gasteiger partial charge in [-0.25, -0.2) is 4.98 Å². The topological polar surface area (TPSA) is 70.1 Å². The lowest BCUT2D eigenvalue weighted by Gasteiger charge is -2.10. The predicted octanol–water partition coefficient (Wildman–Crippen LogP) is 3.08. The number of nitrogens with one attached hydrogen (secondary N) is 2. The highest BCUT2D eigenvalue weighted by Gasteiger charge is 2.05. The van der Waals surface area contributed by atoms with E-state index in [0.717, 1.165) is 15.7 Å². The summed E-state index contributed by atoms with van der Waals surface area (Å²) in [7, 11) is 0. The minimum Gasteiger partial charge on any atom is -0.389 e. The number of hydrogen-bond donors (Lipinski definition) is 3. The van der Waals surface area contributed by atoms with Gasteiger partial charge in [0.15, 0.2) is 0 Å². The van der Waals surface area contributed by atoms with Crippen molar-refractivity contribution in [2.24, 2.45) is 0 Å². The Morgan fingerprint density at radius 3 is 2.71 bits per heavy atom. The van der Waals surface area contributed by atoms with Crippen LogP contribution < -0.4 is 10.6 Å². The zero-order chi connectivity index (χ0) is 15.2. The van der Waals surface area contributed by atoms with Gasteiger partial charge in [-0.05, 0) is 40.5 Å². The van der Waals surface area contributed by atoms with Crippen LogP contribution in [0.25, 0.3) is 0 Å². The molecule has 0 aliphatic carbocycles. The van der Waals surface area contributed by atoms with Crippen molar-refractivity contribution in [3.63, 3.8) is 0 Å². The molecule has 108 valence electrons. The van der Waals surface area contributed by atoms with Crippen molar-refractivity contribution in [3.8, 4) is 12.3 Å². The van der Waals surface area contributed by atoms with Crippen molar-refractivity contribution < 1.29 is 5.11 Å². The van der Waals surface area contributed by atoms with E-state index in [1.54, 1.807) is 13.1 Å². The summed E-state index contributed by atoms with van der Waals surface area (Å²) < 4.78 is 0.743. The first kappa shape index (κ1) is 15.3. The molecule has 5 nitrogen and oxygen atoms in total. The molecule has 0 spiro atoms. The normalized spacial score (nSPS) is 11.5. The molecule has 0 aliphatic heterocycles. The molecule has 2 aromatic rings. The summed E-state index contributed by atoms with van der Waals surface area (Å²) in [5, 5.41) is 15.6. The molecule has 1 aromatic heterocycles. The van der Waals surface area contributed by atoms with E-state index in [9.17, 15) is 5.11 Å². The molecule has 0 saturated carbocycles. The van der Waals surface area contributed by atoms with Crippen LogP contribution in [0.4, 0.5) is 17.5 Å². The first-order valence-electron chi connectivity index (χ1n) is 6.35. The molecule has 0 fully saturated rings. The van der Waals surface area contributed by atoms with Gasteiger partial charge in [0, 0.05) is 11.9 Å². The third-order valence-corrected chi connectivity index (χ3v) is 3.33. The lowest BCUT2D eigenvalue weighted by Crippen LogP contribution is -2.05. The standard InChI is InChI=1S/C15H15BrN4O/c1-3-8-17-14-13(16)9-18-15(20-14)19-12-6-4-11(5-7-12)10(2)21/h1,4-7,9-10,21H,8H2,2H3,(H2,17,18,19,20). The fourth-order valence-electron chi connectivity index (χ4n) is 1.66. The number of aliphatic hydroxyl groups is 1. The van der Waals surface area contributed by atoms with Crippen LogP contribution in [0.3, 0.4) is 0 Å². The van der Waals surface area contributed by atoms with E-state index in [0.29, 0.717) is 18.3 Å². The quantitative estimate of drug-likeness (QED) is 0.725. The van der Waals surface area contributed by atoms with Gasteiger partial charge in [-0.1, -0.05) is 18.1 Å². The van der Waals surface area contributed by atoms with E-state index in [2.05, 4.69) is 42.5 Å². The van der Waals surface area contributed by atoms with Gasteiger partial charge < -0.3 is 15.7 Å². The largest absolute Gasteiger partial charge is 0.389 e. The van der Waals surface area contributed by atoms with E-state index in [1.165, 1.54) is 0 Å². The molecule has 1 aromatic carbocycles. The molecule has 0 amide bonds. The molecular weight excluding hydrogens is 332 g/mol. The highest BCUT2D eigenvalue weighted by atomic mass is 79.9. The van der Waals surface area contributed by atoms with Crippen LogP contribution in [0, 0.1) is 12.3 Å². The van der Waals surface area contributed by atoms with Gasteiger partial charge in [0.1, 0.15) is 5.82 Å². The maximum atomic E-state index is 9.48. The molecule has 0 aliphatic rings. The number of halogens is 1. The van der Waals surface area contributed by atoms with E-state index >= 15 is 0 Å². The Morgan fingerprint density at radius 2 is 2.10 bits per heavy atom. The van der Waals surface area contributed by atoms with E-state index < -0.39 is 6.10 Å². The predicted molar refractivity (Wildman–Crippen MR) is 87.4 cm³/mol. The van der Waals surface area contributed by atoms with Crippen molar-refractivity contribution in [2.75, 3.05) is 17.2 Å². The summed E-state index contributed by atoms with van der Waals surface area (Å²) in [4.78, 5) is 8.53. The minimum absolute atomic E-state index is 0.387. The second-order valence-corrected chi connectivity index (χ2v) is 5.23. The molecule has 21 heavy (non-hydrogen) atoms. The highest BCUT2D eigenvalue weighted by Crippen LogP contribution is 2.22.